The number of benzene rings is 2. The van der Waals surface area contributed by atoms with Gasteiger partial charge in [0, 0.05) is 37.9 Å². The van der Waals surface area contributed by atoms with Crippen molar-refractivity contribution < 1.29 is 8.42 Å². The van der Waals surface area contributed by atoms with Crippen LogP contribution >= 0.6 is 22.6 Å². The van der Waals surface area contributed by atoms with Crippen LogP contribution in [-0.2, 0) is 16.3 Å². The molecule has 0 saturated carbocycles. The molecule has 1 saturated heterocycles. The van der Waals surface area contributed by atoms with Gasteiger partial charge in [0.15, 0.2) is 0 Å². The molecule has 4 nitrogen and oxygen atoms in total. The number of fused-ring (bicyclic) bond motifs is 1. The Hall–Kier alpha value is -1.12. The molecule has 0 aromatic heterocycles. The van der Waals surface area contributed by atoms with Crippen molar-refractivity contribution >= 4 is 38.1 Å². The van der Waals surface area contributed by atoms with Crippen LogP contribution in [-0.4, -0.2) is 50.5 Å². The van der Waals surface area contributed by atoms with E-state index < -0.39 is 9.84 Å². The number of sulfone groups is 1. The molecule has 6 heteroatoms. The number of nitrogens with zero attached hydrogens (tertiary/aromatic N) is 2. The second-order valence-electron chi connectivity index (χ2n) is 8.48. The highest BCUT2D eigenvalue weighted by Crippen LogP contribution is 2.35. The molecule has 0 radical (unpaired) electrons. The quantitative estimate of drug-likeness (QED) is 0.393. The van der Waals surface area contributed by atoms with E-state index in [9.17, 15) is 8.42 Å². The Kier molecular flexibility index (Phi) is 8.21. The van der Waals surface area contributed by atoms with E-state index in [-0.39, 0.29) is 0 Å². The first-order valence-electron chi connectivity index (χ1n) is 10.7. The zero-order valence-electron chi connectivity index (χ0n) is 18.2. The van der Waals surface area contributed by atoms with Crippen molar-refractivity contribution in [3.63, 3.8) is 0 Å². The average Bonchev–Trinajstić information content (AvgIpc) is 3.19. The number of hydrogen-bond donors (Lipinski definition) is 0. The summed E-state index contributed by atoms with van der Waals surface area (Å²) in [4.78, 5) is 7.83. The van der Waals surface area contributed by atoms with Gasteiger partial charge in [-0.05, 0) is 66.0 Å². The molecule has 2 aliphatic heterocycles. The van der Waals surface area contributed by atoms with Crippen molar-refractivity contribution in [2.45, 2.75) is 48.9 Å². The third-order valence-corrected chi connectivity index (χ3v) is 7.73. The minimum atomic E-state index is -3.45. The van der Waals surface area contributed by atoms with Crippen LogP contribution in [0, 0.1) is 5.92 Å². The summed E-state index contributed by atoms with van der Waals surface area (Å²) < 4.78 is 25.8. The topological polar surface area (TPSA) is 40.6 Å². The molecule has 2 aliphatic rings. The fraction of sp³-hybridized carbons (Fsp3) is 0.500. The van der Waals surface area contributed by atoms with E-state index in [1.807, 2.05) is 23.1 Å². The summed E-state index contributed by atoms with van der Waals surface area (Å²) in [7, 11) is -3.45. The van der Waals surface area contributed by atoms with Crippen molar-refractivity contribution in [2.24, 2.45) is 5.92 Å². The molecule has 0 amide bonds. The van der Waals surface area contributed by atoms with Crippen molar-refractivity contribution in [1.82, 2.24) is 4.90 Å². The van der Waals surface area contributed by atoms with Crippen molar-refractivity contribution in [2.75, 3.05) is 36.0 Å². The number of alkyl halides is 1. The molecule has 0 N–H and O–H groups in total. The summed E-state index contributed by atoms with van der Waals surface area (Å²) in [5.74, 6) is 0.717. The van der Waals surface area contributed by atoms with Crippen molar-refractivity contribution in [3.05, 3.63) is 54.1 Å². The molecule has 0 unspecified atom stereocenters. The molecule has 0 atom stereocenters. The Labute approximate surface area is 195 Å². The predicted octanol–water partition coefficient (Wildman–Crippen LogP) is 5.05. The number of rotatable bonds is 5. The van der Waals surface area contributed by atoms with E-state index in [4.69, 9.17) is 0 Å². The molecule has 0 spiro atoms. The summed E-state index contributed by atoms with van der Waals surface area (Å²) >= 11 is 2.15. The van der Waals surface area contributed by atoms with Crippen LogP contribution in [0.4, 0.5) is 5.69 Å². The van der Waals surface area contributed by atoms with Gasteiger partial charge in [0.2, 0.25) is 9.84 Å². The Morgan fingerprint density at radius 1 is 0.967 bits per heavy atom. The molecule has 30 heavy (non-hydrogen) atoms. The fourth-order valence-corrected chi connectivity index (χ4v) is 5.95. The Morgan fingerprint density at radius 2 is 1.63 bits per heavy atom. The van der Waals surface area contributed by atoms with Gasteiger partial charge in [0.1, 0.15) is 0 Å². The highest BCUT2D eigenvalue weighted by molar-refractivity contribution is 14.1. The van der Waals surface area contributed by atoms with Gasteiger partial charge < -0.3 is 9.80 Å². The van der Waals surface area contributed by atoms with Crippen LogP contribution in [0.1, 0.15) is 32.3 Å². The standard InChI is InChI=1S/C23H30N2O2S.CH3I/c1-18(2)17-24-13-11-20(12-14-24)25-15-10-19-16-22(8-9-23(19)25)28(26,27)21-6-4-3-5-7-21;1-2/h3-9,16,18,20H,10-15,17H2,1-2H3;1H3. The molecule has 0 aliphatic carbocycles. The first-order valence-corrected chi connectivity index (χ1v) is 14.4. The Morgan fingerprint density at radius 3 is 2.27 bits per heavy atom. The van der Waals surface area contributed by atoms with Crippen molar-refractivity contribution in [1.29, 1.82) is 0 Å². The molecule has 2 aromatic rings. The highest BCUT2D eigenvalue weighted by atomic mass is 127. The lowest BCUT2D eigenvalue weighted by molar-refractivity contribution is 0.190. The first kappa shape index (κ1) is 23.5. The summed E-state index contributed by atoms with van der Waals surface area (Å²) in [6, 6.07) is 15.0. The molecule has 164 valence electrons. The molecule has 1 fully saturated rings. The fourth-order valence-electron chi connectivity index (χ4n) is 4.62. The largest absolute Gasteiger partial charge is 0.368 e. The first-order chi connectivity index (χ1) is 14.4. The Balaban J connectivity index is 0.00000124. The lowest BCUT2D eigenvalue weighted by Crippen LogP contribution is -2.45. The monoisotopic (exact) mass is 540 g/mol. The second-order valence-corrected chi connectivity index (χ2v) is 10.4. The third-order valence-electron chi connectivity index (χ3n) is 5.97. The van der Waals surface area contributed by atoms with E-state index in [2.05, 4.69) is 46.2 Å². The number of likely N-dealkylation sites (tertiary alicyclic amines) is 1. The molecular formula is C24H33IN2O2S. The van der Waals surface area contributed by atoms with Gasteiger partial charge in [-0.1, -0.05) is 54.6 Å². The number of hydrogen-bond acceptors (Lipinski definition) is 4. The molecule has 2 aromatic carbocycles. The van der Waals surface area contributed by atoms with Crippen LogP contribution in [0.5, 0.6) is 0 Å². The van der Waals surface area contributed by atoms with Gasteiger partial charge in [-0.3, -0.25) is 0 Å². The number of anilines is 1. The maximum atomic E-state index is 12.9. The van der Waals surface area contributed by atoms with Crippen LogP contribution in [0.3, 0.4) is 0 Å². The number of halogens is 1. The van der Waals surface area contributed by atoms with E-state index in [0.717, 1.165) is 26.1 Å². The Bertz CT molecular complexity index is 923. The minimum absolute atomic E-state index is 0.363. The van der Waals surface area contributed by atoms with Crippen LogP contribution in [0.2, 0.25) is 0 Å². The average molecular weight is 541 g/mol. The molecule has 2 heterocycles. The summed E-state index contributed by atoms with van der Waals surface area (Å²) in [6.07, 6.45) is 3.31. The maximum Gasteiger partial charge on any atom is 0.206 e. The van der Waals surface area contributed by atoms with Crippen LogP contribution in [0.15, 0.2) is 58.3 Å². The minimum Gasteiger partial charge on any atom is -0.368 e. The van der Waals surface area contributed by atoms with Gasteiger partial charge in [-0.25, -0.2) is 8.42 Å². The molecule has 4 rings (SSSR count). The number of piperidine rings is 1. The van der Waals surface area contributed by atoms with E-state index >= 15 is 0 Å². The van der Waals surface area contributed by atoms with Crippen LogP contribution < -0.4 is 4.90 Å². The third kappa shape index (κ3) is 5.19. The zero-order valence-corrected chi connectivity index (χ0v) is 21.2. The van der Waals surface area contributed by atoms with Gasteiger partial charge in [0.25, 0.3) is 0 Å². The van der Waals surface area contributed by atoms with Gasteiger partial charge in [-0.2, -0.15) is 0 Å². The predicted molar refractivity (Wildman–Crippen MR) is 134 cm³/mol. The van der Waals surface area contributed by atoms with E-state index in [1.165, 1.54) is 30.6 Å². The highest BCUT2D eigenvalue weighted by Gasteiger charge is 2.30. The van der Waals surface area contributed by atoms with E-state index in [0.29, 0.717) is 21.8 Å². The smallest absolute Gasteiger partial charge is 0.206 e. The summed E-state index contributed by atoms with van der Waals surface area (Å²) in [6.45, 7) is 9.07. The lowest BCUT2D eigenvalue weighted by Gasteiger charge is -2.38. The second kappa shape index (κ2) is 10.5. The summed E-state index contributed by atoms with van der Waals surface area (Å²) in [5.41, 5.74) is 2.40. The molecule has 0 bridgehead atoms. The van der Waals surface area contributed by atoms with Crippen LogP contribution in [0.25, 0.3) is 0 Å². The SMILES string of the molecule is CC(C)CN1CCC(N2CCc3cc(S(=O)(=O)c4ccccc4)ccc32)CC1.CI. The lowest BCUT2D eigenvalue weighted by atomic mass is 10.0. The van der Waals surface area contributed by atoms with Gasteiger partial charge in [0.05, 0.1) is 9.79 Å². The normalized spacial score (nSPS) is 17.6. The zero-order chi connectivity index (χ0) is 21.7. The van der Waals surface area contributed by atoms with E-state index in [1.54, 1.807) is 30.3 Å². The summed E-state index contributed by atoms with van der Waals surface area (Å²) in [5, 5.41) is 0. The maximum absolute atomic E-state index is 12.9. The van der Waals surface area contributed by atoms with Gasteiger partial charge >= 0.3 is 0 Å². The van der Waals surface area contributed by atoms with Gasteiger partial charge in [-0.15, -0.1) is 0 Å². The molecular weight excluding hydrogens is 507 g/mol. The van der Waals surface area contributed by atoms with Crippen molar-refractivity contribution in [3.8, 4) is 0 Å².